The lowest BCUT2D eigenvalue weighted by Gasteiger charge is -2.44. The Kier molecular flexibility index (Phi) is 5.22. The summed E-state index contributed by atoms with van der Waals surface area (Å²) in [6.07, 6.45) is 4.07. The Hall–Kier alpha value is -5.60. The maximum absolute atomic E-state index is 6.82. The Morgan fingerprint density at radius 1 is 0.659 bits per heavy atom. The first kappa shape index (κ1) is 24.9. The first-order chi connectivity index (χ1) is 21.7. The smallest absolute Gasteiger partial charge is 0.132 e. The topological polar surface area (TPSA) is 14.2 Å². The van der Waals surface area contributed by atoms with E-state index in [1.807, 2.05) is 6.08 Å². The highest BCUT2D eigenvalue weighted by molar-refractivity contribution is 5.97. The largest absolute Gasteiger partial charge is 0.457 e. The predicted octanol–water partition coefficient (Wildman–Crippen LogP) is 9.04. The summed E-state index contributed by atoms with van der Waals surface area (Å²) in [6.45, 7) is 6.41. The zero-order valence-corrected chi connectivity index (χ0v) is 24.4. The third-order valence-electron chi connectivity index (χ3n) is 9.66. The van der Waals surface area contributed by atoms with Crippen molar-refractivity contribution in [2.45, 2.75) is 12.3 Å². The third kappa shape index (κ3) is 3.15. The fourth-order valence-electron chi connectivity index (χ4n) is 7.92. The van der Waals surface area contributed by atoms with Crippen LogP contribution in [0.3, 0.4) is 0 Å². The van der Waals surface area contributed by atoms with Crippen LogP contribution in [0.5, 0.6) is 11.5 Å². The molecule has 44 heavy (non-hydrogen) atoms. The van der Waals surface area contributed by atoms with Gasteiger partial charge in [-0.1, -0.05) is 128 Å². The summed E-state index contributed by atoms with van der Waals surface area (Å²) in [4.78, 5) is 0. The van der Waals surface area contributed by atoms with E-state index in [2.05, 4.69) is 158 Å². The Labute approximate surface area is 256 Å². The molecule has 6 aromatic carbocycles. The highest BCUT2D eigenvalue weighted by Crippen LogP contribution is 2.58. The Morgan fingerprint density at radius 2 is 1.36 bits per heavy atom. The van der Waals surface area contributed by atoms with Gasteiger partial charge < -0.3 is 9.30 Å². The van der Waals surface area contributed by atoms with Gasteiger partial charge in [-0.15, -0.1) is 0 Å². The van der Waals surface area contributed by atoms with Crippen LogP contribution in [-0.4, -0.2) is 4.57 Å². The van der Waals surface area contributed by atoms with Crippen molar-refractivity contribution >= 4 is 33.3 Å². The van der Waals surface area contributed by atoms with E-state index in [9.17, 15) is 0 Å². The molecule has 3 heterocycles. The lowest BCUT2D eigenvalue weighted by Crippen LogP contribution is -2.46. The molecule has 2 heteroatoms. The molecule has 1 aromatic heterocycles. The predicted molar refractivity (Wildman–Crippen MR) is 182 cm³/mol. The highest BCUT2D eigenvalue weighted by atomic mass is 16.5. The van der Waals surface area contributed by atoms with Gasteiger partial charge in [0.05, 0.1) is 22.0 Å². The van der Waals surface area contributed by atoms with E-state index < -0.39 is 5.41 Å². The zero-order valence-electron chi connectivity index (χ0n) is 24.4. The Balaban J connectivity index is 1.45. The fourth-order valence-corrected chi connectivity index (χ4v) is 7.92. The molecule has 2 nitrogen and oxygen atoms in total. The monoisotopic (exact) mass is 563 g/mol. The molecule has 0 amide bonds. The minimum absolute atomic E-state index is 0.549. The van der Waals surface area contributed by atoms with Crippen LogP contribution in [0, 0.1) is 0 Å². The van der Waals surface area contributed by atoms with Gasteiger partial charge >= 0.3 is 0 Å². The quantitative estimate of drug-likeness (QED) is 0.205. The van der Waals surface area contributed by atoms with Crippen molar-refractivity contribution in [2.24, 2.45) is 0 Å². The third-order valence-corrected chi connectivity index (χ3v) is 9.66. The van der Waals surface area contributed by atoms with Crippen molar-refractivity contribution in [1.29, 1.82) is 0 Å². The fraction of sp³-hybridized carbons (Fsp3) is 0.0476. The average Bonchev–Trinajstić information content (AvgIpc) is 3.40. The molecule has 2 aliphatic rings. The van der Waals surface area contributed by atoms with Gasteiger partial charge in [-0.05, 0) is 64.2 Å². The van der Waals surface area contributed by atoms with Crippen LogP contribution < -0.4 is 15.3 Å². The van der Waals surface area contributed by atoms with Crippen LogP contribution in [0.15, 0.2) is 146 Å². The molecule has 1 atom stereocenters. The summed E-state index contributed by atoms with van der Waals surface area (Å²) in [5, 5.41) is 6.10. The SMILES string of the molecule is C=C/C=c1\c2n(c3ccccc13)-c1ccccc1C1(C=2C)c2ccccc2Oc2cc(-c3cccc4ccccc34)ccc21. The second-order valence-corrected chi connectivity index (χ2v) is 11.7. The molecule has 0 saturated carbocycles. The number of fused-ring (bicyclic) bond motifs is 11. The van der Waals surface area contributed by atoms with Crippen molar-refractivity contribution in [3.8, 4) is 28.3 Å². The lowest BCUT2D eigenvalue weighted by molar-refractivity contribution is 0.438. The van der Waals surface area contributed by atoms with E-state index in [0.29, 0.717) is 0 Å². The number of rotatable bonds is 2. The van der Waals surface area contributed by atoms with Gasteiger partial charge in [-0.25, -0.2) is 0 Å². The van der Waals surface area contributed by atoms with E-state index in [-0.39, 0.29) is 0 Å². The van der Waals surface area contributed by atoms with Crippen LogP contribution in [0.1, 0.15) is 23.6 Å². The van der Waals surface area contributed by atoms with Crippen molar-refractivity contribution in [3.05, 3.63) is 173 Å². The summed E-state index contributed by atoms with van der Waals surface area (Å²) >= 11 is 0. The second-order valence-electron chi connectivity index (χ2n) is 11.7. The van der Waals surface area contributed by atoms with E-state index in [1.165, 1.54) is 54.6 Å². The normalized spacial score (nSPS) is 16.8. The minimum atomic E-state index is -0.549. The zero-order chi connectivity index (χ0) is 29.4. The number of hydrogen-bond acceptors (Lipinski definition) is 1. The minimum Gasteiger partial charge on any atom is -0.457 e. The van der Waals surface area contributed by atoms with Gasteiger partial charge in [0.2, 0.25) is 0 Å². The second kappa shape index (κ2) is 9.20. The summed E-state index contributed by atoms with van der Waals surface area (Å²) in [5.74, 6) is 1.78. The molecule has 1 unspecified atom stereocenters. The Bertz CT molecular complexity index is 2460. The lowest BCUT2D eigenvalue weighted by atomic mass is 9.62. The highest BCUT2D eigenvalue weighted by Gasteiger charge is 2.49. The molecule has 9 rings (SSSR count). The molecule has 208 valence electrons. The van der Waals surface area contributed by atoms with Gasteiger partial charge in [0.15, 0.2) is 0 Å². The van der Waals surface area contributed by atoms with Crippen molar-refractivity contribution in [2.75, 3.05) is 0 Å². The van der Waals surface area contributed by atoms with E-state index in [4.69, 9.17) is 4.74 Å². The van der Waals surface area contributed by atoms with Crippen LogP contribution in [-0.2, 0) is 5.41 Å². The van der Waals surface area contributed by atoms with Crippen molar-refractivity contribution < 1.29 is 4.74 Å². The number of hydrogen-bond donors (Lipinski definition) is 0. The first-order valence-corrected chi connectivity index (χ1v) is 15.2. The van der Waals surface area contributed by atoms with Crippen LogP contribution in [0.4, 0.5) is 0 Å². The van der Waals surface area contributed by atoms with Gasteiger partial charge in [0, 0.05) is 21.7 Å². The summed E-state index contributed by atoms with van der Waals surface area (Å²) in [6, 6.07) is 48.1. The van der Waals surface area contributed by atoms with Crippen molar-refractivity contribution in [1.82, 2.24) is 4.57 Å². The van der Waals surface area contributed by atoms with E-state index in [0.717, 1.165) is 28.2 Å². The molecular formula is C42H29NO. The number of benzene rings is 6. The molecule has 0 fully saturated rings. The first-order valence-electron chi connectivity index (χ1n) is 15.2. The van der Waals surface area contributed by atoms with E-state index >= 15 is 0 Å². The molecule has 0 radical (unpaired) electrons. The molecule has 0 N–H and O–H groups in total. The van der Waals surface area contributed by atoms with Crippen LogP contribution >= 0.6 is 0 Å². The molecule has 1 spiro atoms. The average molecular weight is 564 g/mol. The Morgan fingerprint density at radius 3 is 2.25 bits per heavy atom. The number of aromatic nitrogens is 1. The standard InChI is InChI=1S/C42H29NO/c1-3-13-33-32-17-6-9-21-37(32)43-38-22-10-7-19-34(38)42(27(2)41(33)43)35-20-8-11-23-39(35)44-40-26-29(24-25-36(40)42)31-18-12-15-28-14-4-5-16-30(28)31/h3-26H,1H2,2H3/b33-13-. The molecule has 0 bridgehead atoms. The molecule has 2 aliphatic heterocycles. The van der Waals surface area contributed by atoms with E-state index in [1.54, 1.807) is 0 Å². The summed E-state index contributed by atoms with van der Waals surface area (Å²) < 4.78 is 9.27. The van der Waals surface area contributed by atoms with Gasteiger partial charge in [0.25, 0.3) is 0 Å². The molecule has 0 saturated heterocycles. The van der Waals surface area contributed by atoms with Gasteiger partial charge in [-0.2, -0.15) is 0 Å². The van der Waals surface area contributed by atoms with Crippen LogP contribution in [0.25, 0.3) is 50.1 Å². The number of ether oxygens (including phenoxy) is 1. The summed E-state index contributed by atoms with van der Waals surface area (Å²) in [7, 11) is 0. The van der Waals surface area contributed by atoms with Crippen molar-refractivity contribution in [3.63, 3.8) is 0 Å². The maximum Gasteiger partial charge on any atom is 0.132 e. The number of allylic oxidation sites excluding steroid dienone is 1. The summed E-state index contributed by atoms with van der Waals surface area (Å²) in [5.41, 5.74) is 9.04. The number of nitrogens with zero attached hydrogens (tertiary/aromatic N) is 1. The maximum atomic E-state index is 6.82. The molecular weight excluding hydrogens is 534 g/mol. The van der Waals surface area contributed by atoms with Crippen LogP contribution in [0.2, 0.25) is 0 Å². The van der Waals surface area contributed by atoms with Gasteiger partial charge in [0.1, 0.15) is 11.5 Å². The van der Waals surface area contributed by atoms with Gasteiger partial charge in [-0.3, -0.25) is 0 Å². The molecule has 7 aromatic rings. The molecule has 0 aliphatic carbocycles. The number of para-hydroxylation sites is 3.